The van der Waals surface area contributed by atoms with E-state index in [2.05, 4.69) is 13.8 Å². The van der Waals surface area contributed by atoms with Gasteiger partial charge in [-0.1, -0.05) is 26.0 Å². The van der Waals surface area contributed by atoms with Gasteiger partial charge in [0.15, 0.2) is 5.43 Å². The number of rotatable bonds is 7. The molecule has 1 heterocycles. The van der Waals surface area contributed by atoms with Crippen LogP contribution in [0.3, 0.4) is 0 Å². The van der Waals surface area contributed by atoms with Gasteiger partial charge in [0.05, 0.1) is 13.2 Å². The second-order valence-corrected chi connectivity index (χ2v) is 7.75. The van der Waals surface area contributed by atoms with Crippen molar-refractivity contribution in [3.8, 4) is 5.75 Å². The molecular weight excluding hydrogens is 359 g/mol. The molecule has 138 valence electrons. The van der Waals surface area contributed by atoms with Crippen LogP contribution < -0.4 is 10.2 Å². The number of benzene rings is 2. The van der Waals surface area contributed by atoms with Gasteiger partial charge in [0.2, 0.25) is 13.7 Å². The van der Waals surface area contributed by atoms with E-state index in [1.54, 1.807) is 11.3 Å². The average Bonchev–Trinajstić information content (AvgIpc) is 2.64. The number of hydrogen-bond donors (Lipinski definition) is 0. The van der Waals surface area contributed by atoms with Gasteiger partial charge in [-0.05, 0) is 48.6 Å². The Balaban J connectivity index is 1.88. The highest BCUT2D eigenvalue weighted by molar-refractivity contribution is 7.24. The Morgan fingerprint density at radius 1 is 1.11 bits per heavy atom. The Hall–Kier alpha value is -2.34. The number of carbonyl (C=O) groups is 1. The van der Waals surface area contributed by atoms with Gasteiger partial charge in [0.1, 0.15) is 5.75 Å². The van der Waals surface area contributed by atoms with Crippen molar-refractivity contribution in [2.75, 3.05) is 13.2 Å². The minimum Gasteiger partial charge on any atom is -0.494 e. The van der Waals surface area contributed by atoms with Gasteiger partial charge < -0.3 is 9.47 Å². The molecule has 0 aliphatic heterocycles. The summed E-state index contributed by atoms with van der Waals surface area (Å²) in [5.41, 5.74) is 1.16. The fraction of sp³-hybridized carbons (Fsp3) is 0.333. The molecule has 2 radical (unpaired) electrons. The van der Waals surface area contributed by atoms with E-state index in [4.69, 9.17) is 17.3 Å². The molecule has 0 aliphatic rings. The van der Waals surface area contributed by atoms with Crippen LogP contribution in [0.2, 0.25) is 0 Å². The summed E-state index contributed by atoms with van der Waals surface area (Å²) >= 11 is 1.65. The van der Waals surface area contributed by atoms with Crippen molar-refractivity contribution < 1.29 is 14.3 Å². The predicted octanol–water partition coefficient (Wildman–Crippen LogP) is 5.00. The van der Waals surface area contributed by atoms with E-state index < -0.39 is 5.87 Å². The minimum absolute atomic E-state index is 0.0431. The second-order valence-electron chi connectivity index (χ2n) is 6.69. The molecule has 0 amide bonds. The number of unbranched alkanes of at least 4 members (excludes halogenated alkanes) is 1. The van der Waals surface area contributed by atoms with E-state index in [-0.39, 0.29) is 18.0 Å². The first-order chi connectivity index (χ1) is 13.0. The molecule has 0 atom stereocenters. The lowest BCUT2D eigenvalue weighted by Gasteiger charge is -2.14. The van der Waals surface area contributed by atoms with Gasteiger partial charge in [-0.2, -0.15) is 0 Å². The van der Waals surface area contributed by atoms with E-state index in [0.29, 0.717) is 24.2 Å². The summed E-state index contributed by atoms with van der Waals surface area (Å²) in [5, 5.41) is 1.45. The zero-order chi connectivity index (χ0) is 19.4. The monoisotopic (exact) mass is 380 g/mol. The highest BCUT2D eigenvalue weighted by Crippen LogP contribution is 2.34. The molecule has 0 saturated carbocycles. The summed E-state index contributed by atoms with van der Waals surface area (Å²) < 4.78 is 12.6. The van der Waals surface area contributed by atoms with Crippen LogP contribution in [0.15, 0.2) is 41.2 Å². The molecule has 4 nitrogen and oxygen atoms in total. The summed E-state index contributed by atoms with van der Waals surface area (Å²) in [4.78, 5) is 23.5. The molecular formula is C21H21BO4S. The molecule has 2 aromatic carbocycles. The third kappa shape index (κ3) is 4.50. The van der Waals surface area contributed by atoms with Crippen molar-refractivity contribution >= 4 is 45.2 Å². The van der Waals surface area contributed by atoms with E-state index in [1.807, 2.05) is 36.4 Å². The Bertz CT molecular complexity index is 1030. The largest absolute Gasteiger partial charge is 0.494 e. The van der Waals surface area contributed by atoms with Crippen molar-refractivity contribution in [2.45, 2.75) is 32.6 Å². The van der Waals surface area contributed by atoms with Crippen LogP contribution in [0, 0.1) is 0 Å². The molecule has 3 aromatic rings. The summed E-state index contributed by atoms with van der Waals surface area (Å²) in [6, 6.07) is 11.6. The molecule has 0 aliphatic carbocycles. The highest BCUT2D eigenvalue weighted by Gasteiger charge is 2.14. The van der Waals surface area contributed by atoms with E-state index in [0.717, 1.165) is 26.8 Å². The summed E-state index contributed by atoms with van der Waals surface area (Å²) in [6.07, 6.45) is 1.40. The number of carbonyl (C=O) groups excluding carboxylic acids is 1. The van der Waals surface area contributed by atoms with Crippen molar-refractivity contribution in [1.29, 1.82) is 0 Å². The van der Waals surface area contributed by atoms with Gasteiger partial charge in [-0.15, -0.1) is 11.3 Å². The summed E-state index contributed by atoms with van der Waals surface area (Å²) in [5.74, 6) is 0.210. The normalized spacial score (nSPS) is 11.2. The molecule has 0 fully saturated rings. The van der Waals surface area contributed by atoms with Gasteiger partial charge in [-0.25, -0.2) is 0 Å². The Labute approximate surface area is 163 Å². The maximum absolute atomic E-state index is 13.0. The van der Waals surface area contributed by atoms with Crippen molar-refractivity contribution in [3.63, 3.8) is 0 Å². The summed E-state index contributed by atoms with van der Waals surface area (Å²) in [7, 11) is 4.93. The third-order valence-electron chi connectivity index (χ3n) is 4.35. The first kappa shape index (κ1) is 19.4. The Morgan fingerprint density at radius 3 is 2.59 bits per heavy atom. The average molecular weight is 380 g/mol. The van der Waals surface area contributed by atoms with Crippen molar-refractivity contribution in [3.05, 3.63) is 52.2 Å². The fourth-order valence-corrected chi connectivity index (χ4v) is 4.29. The second kappa shape index (κ2) is 8.57. The van der Waals surface area contributed by atoms with Crippen LogP contribution in [0.5, 0.6) is 5.75 Å². The van der Waals surface area contributed by atoms with Crippen LogP contribution in [0.25, 0.3) is 20.2 Å². The standard InChI is InChI=1S/C21H21BO4S/c1-13(2)16-11-14(25-9-5-6-10-26-21(22)24)12-17-19(23)15-7-3-4-8-18(15)27-20(16)17/h3-4,7-8,11-13H,5-6,9-10H2,1-2H3. The minimum atomic E-state index is -0.761. The smallest absolute Gasteiger partial charge is 0.235 e. The van der Waals surface area contributed by atoms with E-state index >= 15 is 0 Å². The van der Waals surface area contributed by atoms with Gasteiger partial charge >= 0.3 is 0 Å². The maximum atomic E-state index is 13.0. The van der Waals surface area contributed by atoms with Crippen molar-refractivity contribution in [1.82, 2.24) is 0 Å². The molecule has 0 N–H and O–H groups in total. The maximum Gasteiger partial charge on any atom is 0.235 e. The molecule has 0 spiro atoms. The van der Waals surface area contributed by atoms with E-state index in [1.165, 1.54) is 0 Å². The number of ether oxygens (including phenoxy) is 2. The first-order valence-corrected chi connectivity index (χ1v) is 9.83. The topological polar surface area (TPSA) is 52.6 Å². The molecule has 0 saturated heterocycles. The van der Waals surface area contributed by atoms with Crippen LogP contribution in [-0.2, 0) is 4.74 Å². The SMILES string of the molecule is [B]C(=O)OCCCCOc1cc(C(C)C)c2sc3ccccc3c(=O)c2c1. The first-order valence-electron chi connectivity index (χ1n) is 9.02. The molecule has 6 heteroatoms. The highest BCUT2D eigenvalue weighted by atomic mass is 32.1. The van der Waals surface area contributed by atoms with Crippen LogP contribution in [0.4, 0.5) is 4.79 Å². The lowest BCUT2D eigenvalue weighted by molar-refractivity contribution is 0.167. The molecule has 0 bridgehead atoms. The Kier molecular flexibility index (Phi) is 6.17. The predicted molar refractivity (Wildman–Crippen MR) is 112 cm³/mol. The Morgan fingerprint density at radius 2 is 1.85 bits per heavy atom. The van der Waals surface area contributed by atoms with Gasteiger partial charge in [0.25, 0.3) is 0 Å². The van der Waals surface area contributed by atoms with Crippen LogP contribution >= 0.6 is 11.3 Å². The van der Waals surface area contributed by atoms with Crippen LogP contribution in [0.1, 0.15) is 38.2 Å². The third-order valence-corrected chi connectivity index (χ3v) is 5.59. The lowest BCUT2D eigenvalue weighted by Crippen LogP contribution is -2.06. The fourth-order valence-electron chi connectivity index (χ4n) is 2.98. The number of fused-ring (bicyclic) bond motifs is 2. The quantitative estimate of drug-likeness (QED) is 0.329. The van der Waals surface area contributed by atoms with Crippen molar-refractivity contribution in [2.24, 2.45) is 0 Å². The van der Waals surface area contributed by atoms with Crippen LogP contribution in [-0.4, -0.2) is 26.9 Å². The molecule has 27 heavy (non-hydrogen) atoms. The van der Waals surface area contributed by atoms with E-state index in [9.17, 15) is 9.59 Å². The zero-order valence-electron chi connectivity index (χ0n) is 15.5. The lowest BCUT2D eigenvalue weighted by atomic mass is 10.0. The van der Waals surface area contributed by atoms with Gasteiger partial charge in [-0.3, -0.25) is 9.59 Å². The molecule has 0 unspecified atom stereocenters. The number of hydrogen-bond acceptors (Lipinski definition) is 5. The zero-order valence-corrected chi connectivity index (χ0v) is 16.3. The van der Waals surface area contributed by atoms with Gasteiger partial charge in [0, 0.05) is 20.2 Å². The molecule has 3 rings (SSSR count). The summed E-state index contributed by atoms with van der Waals surface area (Å²) in [6.45, 7) is 5.00. The molecule has 1 aromatic heterocycles.